The first kappa shape index (κ1) is 37.8. The van der Waals surface area contributed by atoms with E-state index in [1.807, 2.05) is 73.7 Å². The molecule has 6 atom stereocenters. The van der Waals surface area contributed by atoms with Gasteiger partial charge >= 0.3 is 0 Å². The quantitative estimate of drug-likeness (QED) is 0.233. The molecule has 0 spiro atoms. The third kappa shape index (κ3) is 12.3. The summed E-state index contributed by atoms with van der Waals surface area (Å²) in [5, 5.41) is 0. The summed E-state index contributed by atoms with van der Waals surface area (Å²) in [4.78, 5) is 43.5. The van der Waals surface area contributed by atoms with Gasteiger partial charge in [0.1, 0.15) is 0 Å². The van der Waals surface area contributed by atoms with Gasteiger partial charge in [-0.1, -0.05) is 37.5 Å². The highest BCUT2D eigenvalue weighted by molar-refractivity contribution is 5.83. The Morgan fingerprint density at radius 3 is 0.704 bits per heavy atom. The summed E-state index contributed by atoms with van der Waals surface area (Å²) < 4.78 is 0. The van der Waals surface area contributed by atoms with Gasteiger partial charge in [0.25, 0.3) is 0 Å². The molecule has 4 aliphatic rings. The average molecular weight is 724 g/mol. The topological polar surface area (TPSA) is 113 Å². The molecule has 6 unspecified atom stereocenters. The van der Waals surface area contributed by atoms with E-state index in [-0.39, 0.29) is 0 Å². The number of aliphatic imine (C=N–C) groups is 6. The first-order chi connectivity index (χ1) is 26.7. The first-order valence-electron chi connectivity index (χ1n) is 20.6. The van der Waals surface area contributed by atoms with E-state index in [2.05, 4.69) is 18.2 Å². The van der Waals surface area contributed by atoms with Gasteiger partial charge in [0.05, 0.1) is 34.2 Å². The van der Waals surface area contributed by atoms with E-state index >= 15 is 0 Å². The molecule has 0 radical (unpaired) electrons. The molecule has 3 fully saturated rings. The monoisotopic (exact) mass is 723 g/mol. The Bertz CT molecular complexity index is 1490. The Hall–Kier alpha value is -4.53. The minimum Gasteiger partial charge on any atom is -0.291 e. The lowest BCUT2D eigenvalue weighted by molar-refractivity contribution is 0.278. The molecule has 1 aliphatic heterocycles. The Labute approximate surface area is 322 Å². The van der Waals surface area contributed by atoms with E-state index in [0.29, 0.717) is 35.5 Å². The van der Waals surface area contributed by atoms with Crippen LogP contribution in [0.5, 0.6) is 0 Å². The summed E-state index contributed by atoms with van der Waals surface area (Å²) in [6.45, 7) is 5.05. The van der Waals surface area contributed by atoms with Gasteiger partial charge in [0.2, 0.25) is 0 Å². The van der Waals surface area contributed by atoms with Crippen LogP contribution >= 0.6 is 0 Å². The molecule has 54 heavy (non-hydrogen) atoms. The summed E-state index contributed by atoms with van der Waals surface area (Å²) in [5.41, 5.74) is 5.36. The highest BCUT2D eigenvalue weighted by atomic mass is 14.8. The number of fused-ring (bicyclic) bond motifs is 12. The van der Waals surface area contributed by atoms with E-state index in [0.717, 1.165) is 73.4 Å². The van der Waals surface area contributed by atoms with Crippen molar-refractivity contribution in [3.8, 4) is 0 Å². The van der Waals surface area contributed by atoms with Gasteiger partial charge in [-0.25, -0.2) is 15.0 Å². The number of hydrogen-bond acceptors (Lipinski definition) is 9. The molecule has 12 bridgehead atoms. The molecule has 0 saturated heterocycles. The number of rotatable bonds is 0. The zero-order valence-electron chi connectivity index (χ0n) is 31.9. The van der Waals surface area contributed by atoms with Crippen LogP contribution in [0.1, 0.15) is 111 Å². The molecule has 9 nitrogen and oxygen atoms in total. The van der Waals surface area contributed by atoms with Crippen molar-refractivity contribution < 1.29 is 0 Å². The maximum Gasteiger partial charge on any atom is 0.0815 e. The van der Waals surface area contributed by atoms with E-state index in [4.69, 9.17) is 44.9 Å². The molecule has 4 heterocycles. The second-order valence-electron chi connectivity index (χ2n) is 16.1. The maximum absolute atomic E-state index is 4.84. The summed E-state index contributed by atoms with van der Waals surface area (Å²) in [5.74, 6) is 3.55. The normalized spacial score (nSPS) is 27.3. The van der Waals surface area contributed by atoms with Crippen molar-refractivity contribution in [2.75, 3.05) is 39.3 Å². The molecule has 7 rings (SSSR count). The van der Waals surface area contributed by atoms with Gasteiger partial charge in [0, 0.05) is 76.6 Å². The van der Waals surface area contributed by atoms with Crippen LogP contribution in [0.25, 0.3) is 0 Å². The van der Waals surface area contributed by atoms with Gasteiger partial charge < -0.3 is 0 Å². The molecular weight excluding hydrogens is 667 g/mol. The molecule has 9 heteroatoms. The van der Waals surface area contributed by atoms with Crippen molar-refractivity contribution in [3.63, 3.8) is 0 Å². The van der Waals surface area contributed by atoms with Crippen LogP contribution < -0.4 is 0 Å². The predicted octanol–water partition coefficient (Wildman–Crippen LogP) is 8.22. The third-order valence-electron chi connectivity index (χ3n) is 11.6. The lowest BCUT2D eigenvalue weighted by Gasteiger charge is -2.27. The number of hydrogen-bond donors (Lipinski definition) is 0. The highest BCUT2D eigenvalue weighted by Crippen LogP contribution is 2.31. The largest absolute Gasteiger partial charge is 0.291 e. The van der Waals surface area contributed by atoms with Crippen LogP contribution in [0.15, 0.2) is 84.6 Å². The Balaban J connectivity index is 1.01. The van der Waals surface area contributed by atoms with Gasteiger partial charge in [-0.2, -0.15) is 0 Å². The molecule has 0 amide bonds. The number of aromatic nitrogens is 3. The molecule has 3 aromatic rings. The minimum atomic E-state index is 0.592. The second-order valence-corrected chi connectivity index (χ2v) is 16.1. The van der Waals surface area contributed by atoms with E-state index in [1.54, 1.807) is 0 Å². The fraction of sp³-hybridized carbons (Fsp3) is 0.533. The Kier molecular flexibility index (Phi) is 14.2. The van der Waals surface area contributed by atoms with Crippen LogP contribution in [-0.4, -0.2) is 91.5 Å². The highest BCUT2D eigenvalue weighted by Gasteiger charge is 2.23. The van der Waals surface area contributed by atoms with Gasteiger partial charge in [-0.3, -0.25) is 30.0 Å². The molecule has 3 saturated carbocycles. The SMILES string of the molecule is C1=NCC2CCCC(CN=Cc3cccc(n3)C=NCC3CCCC(CN=Cc4cccc(n4)C=NCC4CCCC(CN=Cc5cccc1n5)C4)C3)C2. The molecule has 282 valence electrons. The second kappa shape index (κ2) is 20.2. The summed E-state index contributed by atoms with van der Waals surface area (Å²) >= 11 is 0. The van der Waals surface area contributed by atoms with Crippen LogP contribution in [-0.2, 0) is 0 Å². The summed E-state index contributed by atoms with van der Waals surface area (Å²) in [7, 11) is 0. The van der Waals surface area contributed by atoms with Crippen molar-refractivity contribution in [3.05, 3.63) is 88.8 Å². The fourth-order valence-electron chi connectivity index (χ4n) is 8.81. The summed E-state index contributed by atoms with van der Waals surface area (Å²) in [6.07, 6.45) is 26.2. The Morgan fingerprint density at radius 1 is 0.296 bits per heavy atom. The maximum atomic E-state index is 4.84. The van der Waals surface area contributed by atoms with Crippen molar-refractivity contribution >= 4 is 37.3 Å². The van der Waals surface area contributed by atoms with Gasteiger partial charge in [-0.05, 0) is 130 Å². The van der Waals surface area contributed by atoms with E-state index in [9.17, 15) is 0 Å². The van der Waals surface area contributed by atoms with Crippen molar-refractivity contribution in [2.24, 2.45) is 65.5 Å². The molecule has 3 aromatic heterocycles. The smallest absolute Gasteiger partial charge is 0.0815 e. The van der Waals surface area contributed by atoms with Gasteiger partial charge in [0.15, 0.2) is 0 Å². The van der Waals surface area contributed by atoms with Gasteiger partial charge in [-0.15, -0.1) is 0 Å². The fourth-order valence-corrected chi connectivity index (χ4v) is 8.81. The van der Waals surface area contributed by atoms with Crippen molar-refractivity contribution in [2.45, 2.75) is 77.0 Å². The lowest BCUT2D eigenvalue weighted by atomic mass is 9.81. The molecule has 0 aromatic carbocycles. The standard InChI is InChI=1S/C45H57N9/c1-7-34-19-35(8-1)23-47-29-41-14-5-16-43(53-41)31-49-25-37-10-3-12-39(21-37)27-51-33-45-18-6-17-44(54-45)32-50-26-38-11-2-9-36(20-38)24-48-30-42-15-4-13-40(52-42)28-46-22-34/h4-6,13-18,28-39H,1-3,7-12,19-27H2. The van der Waals surface area contributed by atoms with Crippen molar-refractivity contribution in [1.29, 1.82) is 0 Å². The summed E-state index contributed by atoms with van der Waals surface area (Å²) in [6, 6.07) is 18.3. The van der Waals surface area contributed by atoms with Crippen molar-refractivity contribution in [1.82, 2.24) is 15.0 Å². The zero-order valence-corrected chi connectivity index (χ0v) is 31.9. The third-order valence-corrected chi connectivity index (χ3v) is 11.6. The molecule has 0 N–H and O–H groups in total. The number of pyridine rings is 3. The first-order valence-corrected chi connectivity index (χ1v) is 20.6. The van der Waals surface area contributed by atoms with E-state index in [1.165, 1.54) is 77.0 Å². The van der Waals surface area contributed by atoms with Crippen LogP contribution in [0.3, 0.4) is 0 Å². The predicted molar refractivity (Wildman–Crippen MR) is 224 cm³/mol. The average Bonchev–Trinajstić information content (AvgIpc) is 3.19. The zero-order chi connectivity index (χ0) is 36.6. The Morgan fingerprint density at radius 2 is 0.500 bits per heavy atom. The lowest BCUT2D eigenvalue weighted by Crippen LogP contribution is -2.20. The van der Waals surface area contributed by atoms with Crippen LogP contribution in [0.2, 0.25) is 0 Å². The minimum absolute atomic E-state index is 0.592. The van der Waals surface area contributed by atoms with E-state index < -0.39 is 0 Å². The number of nitrogens with zero attached hydrogens (tertiary/aromatic N) is 9. The van der Waals surface area contributed by atoms with Crippen LogP contribution in [0, 0.1) is 35.5 Å². The van der Waals surface area contributed by atoms with Crippen LogP contribution in [0.4, 0.5) is 0 Å². The molecular formula is C45H57N9. The molecule has 3 aliphatic carbocycles.